The predicted octanol–water partition coefficient (Wildman–Crippen LogP) is 1.54. The van der Waals surface area contributed by atoms with Gasteiger partial charge in [-0.05, 0) is 0 Å². The molecule has 0 atom stereocenters. The minimum atomic E-state index is -4.56. The highest BCUT2D eigenvalue weighted by molar-refractivity contribution is 4.50. The number of hydrogen-bond acceptors (Lipinski definition) is 3. The van der Waals surface area contributed by atoms with Crippen LogP contribution < -0.4 is 5.32 Å². The van der Waals surface area contributed by atoms with Gasteiger partial charge in [-0.3, -0.25) is 4.74 Å². The van der Waals surface area contributed by atoms with Crippen LogP contribution in [0.15, 0.2) is 0 Å². The van der Waals surface area contributed by atoms with E-state index >= 15 is 0 Å². The Bertz CT molecular complexity index is 139. The maximum absolute atomic E-state index is 11.4. The maximum atomic E-state index is 11.4. The van der Waals surface area contributed by atoms with Gasteiger partial charge >= 0.3 is 6.36 Å². The fourth-order valence-corrected chi connectivity index (χ4v) is 0.738. The standard InChI is InChI=1S/C8H16F3NO2/c1-7(2)12-3-4-13-5-6-14-8(9,10)11/h7,12H,3-6H2,1-2H3. The second kappa shape index (κ2) is 7.03. The van der Waals surface area contributed by atoms with Gasteiger partial charge in [-0.15, -0.1) is 13.2 Å². The highest BCUT2D eigenvalue weighted by Gasteiger charge is 2.28. The van der Waals surface area contributed by atoms with Crippen molar-refractivity contribution in [2.24, 2.45) is 0 Å². The summed E-state index contributed by atoms with van der Waals surface area (Å²) in [4.78, 5) is 0. The van der Waals surface area contributed by atoms with Crippen molar-refractivity contribution in [3.8, 4) is 0 Å². The zero-order valence-electron chi connectivity index (χ0n) is 8.36. The van der Waals surface area contributed by atoms with Crippen LogP contribution in [0.1, 0.15) is 13.8 Å². The van der Waals surface area contributed by atoms with E-state index in [1.165, 1.54) is 0 Å². The van der Waals surface area contributed by atoms with E-state index in [1.807, 2.05) is 13.8 Å². The van der Waals surface area contributed by atoms with Gasteiger partial charge in [0.15, 0.2) is 0 Å². The van der Waals surface area contributed by atoms with Gasteiger partial charge < -0.3 is 10.1 Å². The van der Waals surface area contributed by atoms with E-state index in [1.54, 1.807) is 0 Å². The average Bonchev–Trinajstić information content (AvgIpc) is 2.00. The molecular formula is C8H16F3NO2. The molecule has 0 amide bonds. The first-order valence-corrected chi connectivity index (χ1v) is 4.43. The Morgan fingerprint density at radius 2 is 1.79 bits per heavy atom. The number of alkyl halides is 3. The molecule has 0 aliphatic heterocycles. The summed E-state index contributed by atoms with van der Waals surface area (Å²) in [6.07, 6.45) is -4.56. The Morgan fingerprint density at radius 3 is 2.29 bits per heavy atom. The van der Waals surface area contributed by atoms with Crippen LogP contribution in [-0.4, -0.2) is 38.8 Å². The Morgan fingerprint density at radius 1 is 1.14 bits per heavy atom. The molecule has 0 heterocycles. The van der Waals surface area contributed by atoms with Gasteiger partial charge in [0.05, 0.1) is 19.8 Å². The van der Waals surface area contributed by atoms with Crippen molar-refractivity contribution < 1.29 is 22.6 Å². The van der Waals surface area contributed by atoms with E-state index in [-0.39, 0.29) is 6.61 Å². The van der Waals surface area contributed by atoms with Gasteiger partial charge in [-0.2, -0.15) is 0 Å². The molecular weight excluding hydrogens is 199 g/mol. The lowest BCUT2D eigenvalue weighted by Crippen LogP contribution is -2.27. The average molecular weight is 215 g/mol. The zero-order chi connectivity index (χ0) is 11.0. The molecule has 1 N–H and O–H groups in total. The van der Waals surface area contributed by atoms with Gasteiger partial charge in [0, 0.05) is 12.6 Å². The molecule has 0 saturated carbocycles. The lowest BCUT2D eigenvalue weighted by Gasteiger charge is -2.09. The van der Waals surface area contributed by atoms with Crippen LogP contribution in [-0.2, 0) is 9.47 Å². The molecule has 0 aromatic carbocycles. The summed E-state index contributed by atoms with van der Waals surface area (Å²) in [6, 6.07) is 0.352. The van der Waals surface area contributed by atoms with E-state index in [9.17, 15) is 13.2 Å². The first kappa shape index (κ1) is 13.7. The summed E-state index contributed by atoms with van der Waals surface area (Å²) >= 11 is 0. The summed E-state index contributed by atoms with van der Waals surface area (Å²) in [5.74, 6) is 0. The van der Waals surface area contributed by atoms with Crippen molar-refractivity contribution >= 4 is 0 Å². The molecule has 0 spiro atoms. The Hall–Kier alpha value is -0.330. The molecule has 0 aliphatic rings. The van der Waals surface area contributed by atoms with E-state index in [4.69, 9.17) is 4.74 Å². The maximum Gasteiger partial charge on any atom is 0.522 e. The van der Waals surface area contributed by atoms with Crippen LogP contribution in [0.4, 0.5) is 13.2 Å². The van der Waals surface area contributed by atoms with Gasteiger partial charge in [0.1, 0.15) is 0 Å². The molecule has 0 unspecified atom stereocenters. The van der Waals surface area contributed by atoms with Crippen LogP contribution in [0.3, 0.4) is 0 Å². The molecule has 0 aliphatic carbocycles. The van der Waals surface area contributed by atoms with Crippen molar-refractivity contribution in [1.82, 2.24) is 5.32 Å². The molecule has 0 bridgehead atoms. The SMILES string of the molecule is CC(C)NCCOCCOC(F)(F)F. The molecule has 6 heteroatoms. The summed E-state index contributed by atoms with van der Waals surface area (Å²) in [5, 5.41) is 3.06. The smallest absolute Gasteiger partial charge is 0.378 e. The molecule has 3 nitrogen and oxygen atoms in total. The number of hydrogen-bond donors (Lipinski definition) is 1. The summed E-state index contributed by atoms with van der Waals surface area (Å²) < 4.78 is 42.7. The third-order valence-electron chi connectivity index (χ3n) is 1.29. The highest BCUT2D eigenvalue weighted by atomic mass is 19.4. The molecule has 0 radical (unpaired) electrons. The van der Waals surface area contributed by atoms with Crippen LogP contribution in [0.5, 0.6) is 0 Å². The Labute approximate surface area is 81.6 Å². The van der Waals surface area contributed by atoms with Gasteiger partial charge in [-0.1, -0.05) is 13.8 Å². The number of halogens is 3. The second-order valence-electron chi connectivity index (χ2n) is 3.02. The molecule has 0 aromatic heterocycles. The number of nitrogens with one attached hydrogen (secondary N) is 1. The van der Waals surface area contributed by atoms with Crippen molar-refractivity contribution in [1.29, 1.82) is 0 Å². The lowest BCUT2D eigenvalue weighted by atomic mass is 10.4. The predicted molar refractivity (Wildman–Crippen MR) is 46.0 cm³/mol. The molecule has 14 heavy (non-hydrogen) atoms. The Balaban J connectivity index is 3.07. The first-order chi connectivity index (χ1) is 6.42. The monoisotopic (exact) mass is 215 g/mol. The number of ether oxygens (including phenoxy) is 2. The largest absolute Gasteiger partial charge is 0.522 e. The highest BCUT2D eigenvalue weighted by Crippen LogP contribution is 2.15. The fourth-order valence-electron chi connectivity index (χ4n) is 0.738. The van der Waals surface area contributed by atoms with Gasteiger partial charge in [-0.25, -0.2) is 0 Å². The van der Waals surface area contributed by atoms with E-state index in [0.717, 1.165) is 0 Å². The van der Waals surface area contributed by atoms with Crippen LogP contribution in [0.25, 0.3) is 0 Å². The van der Waals surface area contributed by atoms with E-state index < -0.39 is 13.0 Å². The van der Waals surface area contributed by atoms with Gasteiger partial charge in [0.25, 0.3) is 0 Å². The third kappa shape index (κ3) is 11.7. The quantitative estimate of drug-likeness (QED) is 0.653. The molecule has 0 fully saturated rings. The normalized spacial score (nSPS) is 12.4. The zero-order valence-corrected chi connectivity index (χ0v) is 8.36. The van der Waals surface area contributed by atoms with Crippen LogP contribution in [0, 0.1) is 0 Å². The fraction of sp³-hybridized carbons (Fsp3) is 1.00. The molecule has 0 saturated heterocycles. The van der Waals surface area contributed by atoms with E-state index in [0.29, 0.717) is 19.2 Å². The van der Waals surface area contributed by atoms with Crippen LogP contribution >= 0.6 is 0 Å². The third-order valence-corrected chi connectivity index (χ3v) is 1.29. The summed E-state index contributed by atoms with van der Waals surface area (Å²) in [6.45, 7) is 4.48. The molecule has 0 rings (SSSR count). The lowest BCUT2D eigenvalue weighted by molar-refractivity contribution is -0.327. The minimum Gasteiger partial charge on any atom is -0.378 e. The van der Waals surface area contributed by atoms with Crippen molar-refractivity contribution in [2.45, 2.75) is 26.3 Å². The first-order valence-electron chi connectivity index (χ1n) is 4.43. The summed E-state index contributed by atoms with van der Waals surface area (Å²) in [5.41, 5.74) is 0. The van der Waals surface area contributed by atoms with E-state index in [2.05, 4.69) is 10.1 Å². The topological polar surface area (TPSA) is 30.5 Å². The summed E-state index contributed by atoms with van der Waals surface area (Å²) in [7, 11) is 0. The molecule has 86 valence electrons. The van der Waals surface area contributed by atoms with Crippen LogP contribution in [0.2, 0.25) is 0 Å². The molecule has 0 aromatic rings. The number of rotatable bonds is 7. The minimum absolute atomic E-state index is 0.0424. The second-order valence-corrected chi connectivity index (χ2v) is 3.02. The van der Waals surface area contributed by atoms with Crippen molar-refractivity contribution in [3.63, 3.8) is 0 Å². The van der Waals surface area contributed by atoms with Crippen molar-refractivity contribution in [2.75, 3.05) is 26.4 Å². The van der Waals surface area contributed by atoms with Crippen molar-refractivity contribution in [3.05, 3.63) is 0 Å². The Kier molecular flexibility index (Phi) is 6.86. The van der Waals surface area contributed by atoms with Gasteiger partial charge in [0.2, 0.25) is 0 Å².